The molecule has 31 heavy (non-hydrogen) atoms. The maximum Gasteiger partial charge on any atom is 0.326 e. The molecular weight excluding hydrogens is 426 g/mol. The highest BCUT2D eigenvalue weighted by atomic mass is 32.2. The van der Waals surface area contributed by atoms with E-state index < -0.39 is 15.7 Å². The van der Waals surface area contributed by atoms with Crippen molar-refractivity contribution in [1.82, 2.24) is 33.9 Å². The van der Waals surface area contributed by atoms with E-state index in [2.05, 4.69) is 30.0 Å². The number of anilines is 1. The van der Waals surface area contributed by atoms with Gasteiger partial charge in [-0.15, -0.1) is 0 Å². The third-order valence-electron chi connectivity index (χ3n) is 5.24. The van der Waals surface area contributed by atoms with E-state index in [4.69, 9.17) is 0 Å². The Hall–Kier alpha value is -3.26. The quantitative estimate of drug-likeness (QED) is 0.396. The first kappa shape index (κ1) is 19.7. The Morgan fingerprint density at radius 2 is 1.94 bits per heavy atom. The van der Waals surface area contributed by atoms with Crippen molar-refractivity contribution in [2.24, 2.45) is 4.99 Å². The summed E-state index contributed by atoms with van der Waals surface area (Å²) in [7, 11) is -3.24. The predicted molar refractivity (Wildman–Crippen MR) is 110 cm³/mol. The topological polar surface area (TPSA) is 165 Å². The van der Waals surface area contributed by atoms with Crippen LogP contribution < -0.4 is 21.4 Å². The van der Waals surface area contributed by atoms with Gasteiger partial charge in [0.1, 0.15) is 5.69 Å². The molecule has 3 N–H and O–H groups in total. The van der Waals surface area contributed by atoms with E-state index in [1.54, 1.807) is 12.3 Å². The van der Waals surface area contributed by atoms with Gasteiger partial charge in [0, 0.05) is 31.4 Å². The summed E-state index contributed by atoms with van der Waals surface area (Å²) in [5.41, 5.74) is 0.571. The molecule has 0 aromatic carbocycles. The number of nitrogens with one attached hydrogen (secondary N) is 2. The first-order valence-electron chi connectivity index (χ1n) is 9.80. The highest BCUT2D eigenvalue weighted by molar-refractivity contribution is 7.88. The summed E-state index contributed by atoms with van der Waals surface area (Å²) in [4.78, 5) is 32.0. The average Bonchev–Trinajstić information content (AvgIpc) is 3.35. The molecule has 1 aliphatic carbocycles. The van der Waals surface area contributed by atoms with Crippen molar-refractivity contribution in [1.29, 1.82) is 0 Å². The van der Waals surface area contributed by atoms with Crippen LogP contribution >= 0.6 is 0 Å². The zero-order valence-electron chi connectivity index (χ0n) is 16.7. The molecule has 5 rings (SSSR count). The average molecular weight is 447 g/mol. The van der Waals surface area contributed by atoms with Crippen molar-refractivity contribution in [3.63, 3.8) is 0 Å². The number of sulfonamides is 1. The lowest BCUT2D eigenvalue weighted by atomic mass is 10.3. The maximum absolute atomic E-state index is 11.8. The van der Waals surface area contributed by atoms with Gasteiger partial charge in [0.15, 0.2) is 5.65 Å². The van der Waals surface area contributed by atoms with Gasteiger partial charge in [-0.2, -0.15) is 23.9 Å². The standard InChI is InChI=1S/C17H21N9O4S/c1-31(29,30)25-6-4-24(5-7-25)15-21-13-10(8-12-14(27)22-17(28)20-12)9-18-26(13)16(23-15)19-11-2-3-11/h8-9,11,27H,2-7H2,1H3,(H2,20,22,28). The molecule has 1 saturated heterocycles. The Morgan fingerprint density at radius 1 is 1.19 bits per heavy atom. The zero-order valence-corrected chi connectivity index (χ0v) is 17.5. The minimum Gasteiger partial charge on any atom is -0.493 e. The van der Waals surface area contributed by atoms with Crippen LogP contribution in [0.5, 0.6) is 5.88 Å². The second kappa shape index (κ2) is 7.16. The van der Waals surface area contributed by atoms with Gasteiger partial charge in [0.25, 0.3) is 5.62 Å². The number of hydrogen-bond donors (Lipinski definition) is 3. The monoisotopic (exact) mass is 447 g/mol. The molecule has 0 atom stereocenters. The van der Waals surface area contributed by atoms with Crippen LogP contribution in [-0.4, -0.2) is 85.9 Å². The lowest BCUT2D eigenvalue weighted by molar-refractivity contribution is 0.385. The molecule has 14 heteroatoms. The third kappa shape index (κ3) is 3.90. The van der Waals surface area contributed by atoms with E-state index in [0.29, 0.717) is 48.6 Å². The molecule has 0 radical (unpaired) electrons. The van der Waals surface area contributed by atoms with Crippen molar-refractivity contribution in [3.05, 3.63) is 33.2 Å². The number of rotatable bonds is 4. The van der Waals surface area contributed by atoms with Crippen LogP contribution in [-0.2, 0) is 10.0 Å². The molecular formula is C17H21N9O4S. The largest absolute Gasteiger partial charge is 0.493 e. The molecule has 3 aromatic heterocycles. The normalized spacial score (nSPS) is 19.6. The maximum atomic E-state index is 11.8. The molecule has 164 valence electrons. The van der Waals surface area contributed by atoms with E-state index in [9.17, 15) is 18.3 Å². The molecule has 1 saturated carbocycles. The fourth-order valence-corrected chi connectivity index (χ4v) is 4.26. The second-order valence-electron chi connectivity index (χ2n) is 7.65. The van der Waals surface area contributed by atoms with Crippen molar-refractivity contribution < 1.29 is 13.5 Å². The number of aromatic hydroxyl groups is 1. The number of hydrogen-bond acceptors (Lipinski definition) is 9. The summed E-state index contributed by atoms with van der Waals surface area (Å²) in [6.45, 7) is 1.59. The smallest absolute Gasteiger partial charge is 0.326 e. The SMILES string of the molecule is CS(=O)(=O)N1CCN(c2nc(=NC3CC3)n3ncc(=Cc4[nH]c(=O)[nH]c4O)c3n2)CC1. The summed E-state index contributed by atoms with van der Waals surface area (Å²) in [6, 6.07) is 0.203. The number of nitrogens with zero attached hydrogens (tertiary/aromatic N) is 7. The number of aromatic nitrogens is 6. The van der Waals surface area contributed by atoms with Gasteiger partial charge in [-0.1, -0.05) is 0 Å². The van der Waals surface area contributed by atoms with Gasteiger partial charge in [0.2, 0.25) is 21.9 Å². The van der Waals surface area contributed by atoms with Gasteiger partial charge >= 0.3 is 5.69 Å². The molecule has 0 amide bonds. The molecule has 1 aliphatic heterocycles. The molecule has 0 bridgehead atoms. The minimum absolute atomic E-state index is 0.203. The van der Waals surface area contributed by atoms with Crippen LogP contribution in [0.25, 0.3) is 11.7 Å². The van der Waals surface area contributed by atoms with Crippen LogP contribution in [0, 0.1) is 0 Å². The van der Waals surface area contributed by atoms with Crippen molar-refractivity contribution >= 4 is 27.7 Å². The lowest BCUT2D eigenvalue weighted by Gasteiger charge is -2.33. The summed E-state index contributed by atoms with van der Waals surface area (Å²) >= 11 is 0. The first-order valence-corrected chi connectivity index (χ1v) is 11.7. The summed E-state index contributed by atoms with van der Waals surface area (Å²) in [6.07, 6.45) is 6.31. The molecule has 0 spiro atoms. The van der Waals surface area contributed by atoms with Crippen LogP contribution in [0.15, 0.2) is 16.0 Å². The van der Waals surface area contributed by atoms with Gasteiger partial charge in [-0.3, -0.25) is 4.98 Å². The molecule has 4 heterocycles. The highest BCUT2D eigenvalue weighted by Gasteiger charge is 2.26. The zero-order chi connectivity index (χ0) is 21.8. The highest BCUT2D eigenvalue weighted by Crippen LogP contribution is 2.22. The number of fused-ring (bicyclic) bond motifs is 1. The van der Waals surface area contributed by atoms with Crippen LogP contribution in [0.4, 0.5) is 5.95 Å². The van der Waals surface area contributed by atoms with Gasteiger partial charge in [0.05, 0.1) is 18.5 Å². The third-order valence-corrected chi connectivity index (χ3v) is 6.54. The predicted octanol–water partition coefficient (Wildman–Crippen LogP) is -2.46. The van der Waals surface area contributed by atoms with E-state index in [1.165, 1.54) is 15.1 Å². The molecule has 13 nitrogen and oxygen atoms in total. The van der Waals surface area contributed by atoms with Crippen molar-refractivity contribution in [2.75, 3.05) is 37.3 Å². The number of imidazole rings is 1. The minimum atomic E-state index is -3.24. The van der Waals surface area contributed by atoms with Gasteiger partial charge in [-0.25, -0.2) is 18.2 Å². The fraction of sp³-hybridized carbons (Fsp3) is 0.471. The Bertz CT molecular complexity index is 1430. The molecule has 3 aromatic rings. The molecule has 0 unspecified atom stereocenters. The van der Waals surface area contributed by atoms with Gasteiger partial charge < -0.3 is 15.0 Å². The van der Waals surface area contributed by atoms with E-state index >= 15 is 0 Å². The van der Waals surface area contributed by atoms with Crippen LogP contribution in [0.3, 0.4) is 0 Å². The number of piperazine rings is 1. The van der Waals surface area contributed by atoms with Crippen molar-refractivity contribution in [3.8, 4) is 5.88 Å². The lowest BCUT2D eigenvalue weighted by Crippen LogP contribution is -2.49. The Balaban J connectivity index is 1.60. The van der Waals surface area contributed by atoms with Gasteiger partial charge in [-0.05, 0) is 18.9 Å². The Kier molecular flexibility index (Phi) is 4.55. The first-order chi connectivity index (χ1) is 14.8. The van der Waals surface area contributed by atoms with E-state index in [1.807, 2.05) is 4.90 Å². The molecule has 2 fully saturated rings. The summed E-state index contributed by atoms with van der Waals surface area (Å²) < 4.78 is 26.6. The van der Waals surface area contributed by atoms with Crippen molar-refractivity contribution in [2.45, 2.75) is 18.9 Å². The Morgan fingerprint density at radius 3 is 2.55 bits per heavy atom. The van der Waals surface area contributed by atoms with E-state index in [-0.39, 0.29) is 17.6 Å². The van der Waals surface area contributed by atoms with E-state index in [0.717, 1.165) is 12.8 Å². The van der Waals surface area contributed by atoms with Crippen LogP contribution in [0.2, 0.25) is 0 Å². The Labute approximate surface area is 175 Å². The second-order valence-corrected chi connectivity index (χ2v) is 9.64. The number of aromatic amines is 2. The summed E-state index contributed by atoms with van der Waals surface area (Å²) in [5.74, 6) is 0.153. The molecule has 2 aliphatic rings. The summed E-state index contributed by atoms with van der Waals surface area (Å²) in [5, 5.41) is 14.8. The fourth-order valence-electron chi connectivity index (χ4n) is 3.43. The van der Waals surface area contributed by atoms with Crippen LogP contribution in [0.1, 0.15) is 18.5 Å². The number of H-pyrrole nitrogens is 2.